The van der Waals surface area contributed by atoms with Crippen LogP contribution in [0.25, 0.3) is 0 Å². The predicted octanol–water partition coefficient (Wildman–Crippen LogP) is 2.73. The van der Waals surface area contributed by atoms with Crippen LogP contribution in [-0.4, -0.2) is 30.3 Å². The van der Waals surface area contributed by atoms with E-state index in [1.54, 1.807) is 0 Å². The van der Waals surface area contributed by atoms with E-state index in [1.165, 1.54) is 5.56 Å². The first-order chi connectivity index (χ1) is 9.31. The minimum atomic E-state index is 0.255. The Hall–Kier alpha value is -0.940. The topological polar surface area (TPSA) is 33.3 Å². The van der Waals surface area contributed by atoms with Gasteiger partial charge in [-0.15, -0.1) is 0 Å². The highest BCUT2D eigenvalue weighted by molar-refractivity contribution is 7.98. The van der Waals surface area contributed by atoms with Crippen molar-refractivity contribution in [3.05, 3.63) is 29.8 Å². The largest absolute Gasteiger partial charge is 0.493 e. The van der Waals surface area contributed by atoms with Gasteiger partial charge in [0, 0.05) is 18.5 Å². The molecule has 0 aromatic heterocycles. The molecule has 5 heteroatoms. The highest BCUT2D eigenvalue weighted by atomic mass is 32.2. The molecule has 0 bridgehead atoms. The zero-order chi connectivity index (χ0) is 13.5. The first kappa shape index (κ1) is 14.5. The van der Waals surface area contributed by atoms with Gasteiger partial charge in [0.1, 0.15) is 5.75 Å². The molecule has 1 aromatic rings. The standard InChI is InChI=1S/C14H20N2OS2/c1-19-10-4-8-15-14(18)16-12-7-9-17-13-6-3-2-5-11(12)13/h2-3,5-6,12H,4,7-10H2,1H3,(H2,15,16,18). The van der Waals surface area contributed by atoms with Gasteiger partial charge in [-0.05, 0) is 36.7 Å². The van der Waals surface area contributed by atoms with E-state index in [9.17, 15) is 0 Å². The van der Waals surface area contributed by atoms with Gasteiger partial charge in [0.05, 0.1) is 12.6 Å². The Labute approximate surface area is 124 Å². The summed E-state index contributed by atoms with van der Waals surface area (Å²) < 4.78 is 5.64. The molecule has 0 fully saturated rings. The molecule has 0 saturated carbocycles. The molecule has 0 amide bonds. The van der Waals surface area contributed by atoms with Gasteiger partial charge in [0.2, 0.25) is 0 Å². The second-order valence-electron chi connectivity index (χ2n) is 4.47. The maximum Gasteiger partial charge on any atom is 0.166 e. The number of nitrogens with one attached hydrogen (secondary N) is 2. The molecule has 0 radical (unpaired) electrons. The maximum atomic E-state index is 5.64. The van der Waals surface area contributed by atoms with Gasteiger partial charge in [-0.1, -0.05) is 18.2 Å². The van der Waals surface area contributed by atoms with Crippen LogP contribution in [0.2, 0.25) is 0 Å². The summed E-state index contributed by atoms with van der Waals surface area (Å²) in [5, 5.41) is 7.39. The van der Waals surface area contributed by atoms with Gasteiger partial charge in [-0.25, -0.2) is 0 Å². The van der Waals surface area contributed by atoms with Crippen LogP contribution < -0.4 is 15.4 Å². The Morgan fingerprint density at radius 1 is 1.47 bits per heavy atom. The highest BCUT2D eigenvalue weighted by Gasteiger charge is 2.21. The number of fused-ring (bicyclic) bond motifs is 1. The van der Waals surface area contributed by atoms with E-state index in [0.29, 0.717) is 0 Å². The summed E-state index contributed by atoms with van der Waals surface area (Å²) in [6.45, 7) is 1.67. The van der Waals surface area contributed by atoms with Crippen molar-refractivity contribution in [1.29, 1.82) is 0 Å². The number of rotatable bonds is 5. The quantitative estimate of drug-likeness (QED) is 0.645. The molecule has 2 N–H and O–H groups in total. The molecule has 1 aromatic carbocycles. The second-order valence-corrected chi connectivity index (χ2v) is 5.87. The van der Waals surface area contributed by atoms with E-state index in [1.807, 2.05) is 30.0 Å². The summed E-state index contributed by atoms with van der Waals surface area (Å²) in [5.74, 6) is 2.13. The molecule has 0 aliphatic carbocycles. The second kappa shape index (κ2) is 7.60. The van der Waals surface area contributed by atoms with Crippen molar-refractivity contribution in [2.24, 2.45) is 0 Å². The third-order valence-corrected chi connectivity index (χ3v) is 4.03. The lowest BCUT2D eigenvalue weighted by molar-refractivity contribution is 0.262. The molecule has 0 saturated heterocycles. The average molecular weight is 296 g/mol. The predicted molar refractivity (Wildman–Crippen MR) is 86.0 cm³/mol. The van der Waals surface area contributed by atoms with Crippen LogP contribution in [0.1, 0.15) is 24.4 Å². The number of hydrogen-bond acceptors (Lipinski definition) is 3. The third kappa shape index (κ3) is 4.28. The summed E-state index contributed by atoms with van der Waals surface area (Å²) in [6.07, 6.45) is 4.20. The van der Waals surface area contributed by atoms with Crippen LogP contribution >= 0.6 is 24.0 Å². The van der Waals surface area contributed by atoms with Crippen molar-refractivity contribution < 1.29 is 4.74 Å². The molecule has 1 atom stereocenters. The Morgan fingerprint density at radius 2 is 2.32 bits per heavy atom. The Morgan fingerprint density at radius 3 is 3.16 bits per heavy atom. The first-order valence-corrected chi connectivity index (χ1v) is 8.36. The van der Waals surface area contributed by atoms with E-state index in [0.717, 1.165) is 42.6 Å². The van der Waals surface area contributed by atoms with Gasteiger partial charge in [0.25, 0.3) is 0 Å². The molecule has 1 aliphatic heterocycles. The third-order valence-electron chi connectivity index (χ3n) is 3.07. The molecule has 0 spiro atoms. The zero-order valence-electron chi connectivity index (χ0n) is 11.1. The van der Waals surface area contributed by atoms with Crippen molar-refractivity contribution in [3.8, 4) is 5.75 Å². The number of benzene rings is 1. The number of thioether (sulfide) groups is 1. The fourth-order valence-corrected chi connectivity index (χ4v) is 2.80. The highest BCUT2D eigenvalue weighted by Crippen LogP contribution is 2.31. The molecular formula is C14H20N2OS2. The number of hydrogen-bond donors (Lipinski definition) is 2. The summed E-state index contributed by atoms with van der Waals surface area (Å²) in [7, 11) is 0. The zero-order valence-corrected chi connectivity index (χ0v) is 12.8. The summed E-state index contributed by atoms with van der Waals surface area (Å²) in [4.78, 5) is 0. The Balaban J connectivity index is 1.85. The molecule has 19 heavy (non-hydrogen) atoms. The van der Waals surface area contributed by atoms with Crippen LogP contribution in [0.5, 0.6) is 5.75 Å². The summed E-state index contributed by atoms with van der Waals surface area (Å²) >= 11 is 7.20. The van der Waals surface area contributed by atoms with E-state index in [-0.39, 0.29) is 6.04 Å². The number of ether oxygens (including phenoxy) is 1. The van der Waals surface area contributed by atoms with Crippen molar-refractivity contribution in [2.45, 2.75) is 18.9 Å². The minimum Gasteiger partial charge on any atom is -0.493 e. The van der Waals surface area contributed by atoms with E-state index in [2.05, 4.69) is 23.0 Å². The Kier molecular flexibility index (Phi) is 5.79. The van der Waals surface area contributed by atoms with Gasteiger partial charge in [-0.3, -0.25) is 0 Å². The normalized spacial score (nSPS) is 17.2. The van der Waals surface area contributed by atoms with Gasteiger partial charge < -0.3 is 15.4 Å². The molecular weight excluding hydrogens is 276 g/mol. The van der Waals surface area contributed by atoms with Gasteiger partial charge >= 0.3 is 0 Å². The van der Waals surface area contributed by atoms with Crippen LogP contribution in [-0.2, 0) is 0 Å². The summed E-state index contributed by atoms with van der Waals surface area (Å²) in [6, 6.07) is 8.41. The van der Waals surface area contributed by atoms with Gasteiger partial charge in [0.15, 0.2) is 5.11 Å². The van der Waals surface area contributed by atoms with Crippen molar-refractivity contribution in [3.63, 3.8) is 0 Å². The van der Waals surface area contributed by atoms with Crippen molar-refractivity contribution in [2.75, 3.05) is 25.2 Å². The smallest absolute Gasteiger partial charge is 0.166 e. The van der Waals surface area contributed by atoms with Crippen molar-refractivity contribution in [1.82, 2.24) is 10.6 Å². The Bertz CT molecular complexity index is 426. The molecule has 104 valence electrons. The van der Waals surface area contributed by atoms with Crippen LogP contribution in [0, 0.1) is 0 Å². The molecule has 1 heterocycles. The first-order valence-electron chi connectivity index (χ1n) is 6.56. The fourth-order valence-electron chi connectivity index (χ4n) is 2.12. The van der Waals surface area contributed by atoms with Crippen LogP contribution in [0.15, 0.2) is 24.3 Å². The number of thiocarbonyl (C=S) groups is 1. The maximum absolute atomic E-state index is 5.64. The number of para-hydroxylation sites is 1. The molecule has 2 rings (SSSR count). The van der Waals surface area contributed by atoms with Crippen LogP contribution in [0.4, 0.5) is 0 Å². The molecule has 1 unspecified atom stereocenters. The monoisotopic (exact) mass is 296 g/mol. The lowest BCUT2D eigenvalue weighted by Crippen LogP contribution is -2.39. The van der Waals surface area contributed by atoms with E-state index >= 15 is 0 Å². The lowest BCUT2D eigenvalue weighted by atomic mass is 10.0. The molecule has 3 nitrogen and oxygen atoms in total. The average Bonchev–Trinajstić information content (AvgIpc) is 2.44. The van der Waals surface area contributed by atoms with E-state index < -0.39 is 0 Å². The molecule has 1 aliphatic rings. The fraction of sp³-hybridized carbons (Fsp3) is 0.500. The van der Waals surface area contributed by atoms with Crippen LogP contribution in [0.3, 0.4) is 0 Å². The summed E-state index contributed by atoms with van der Waals surface area (Å²) in [5.41, 5.74) is 1.20. The minimum absolute atomic E-state index is 0.255. The van der Waals surface area contributed by atoms with Gasteiger partial charge in [-0.2, -0.15) is 11.8 Å². The lowest BCUT2D eigenvalue weighted by Gasteiger charge is -2.27. The SMILES string of the molecule is CSCCCNC(=S)NC1CCOc2ccccc21. The van der Waals surface area contributed by atoms with E-state index in [4.69, 9.17) is 17.0 Å². The van der Waals surface area contributed by atoms with Crippen molar-refractivity contribution >= 4 is 29.1 Å².